The summed E-state index contributed by atoms with van der Waals surface area (Å²) in [7, 11) is 0. The van der Waals surface area contributed by atoms with Gasteiger partial charge in [-0.15, -0.1) is 0 Å². The topological polar surface area (TPSA) is 116 Å². The highest BCUT2D eigenvalue weighted by Gasteiger charge is 2.44. The number of benzene rings is 2. The molecule has 0 fully saturated rings. The summed E-state index contributed by atoms with van der Waals surface area (Å²) in [5.41, 5.74) is 0. The van der Waals surface area contributed by atoms with Gasteiger partial charge in [-0.05, 0) is 17.9 Å². The lowest BCUT2D eigenvalue weighted by Gasteiger charge is -2.24. The Balaban J connectivity index is 1.59. The zero-order valence-electron chi connectivity index (χ0n) is 20.1. The normalized spacial score (nSPS) is 14.1. The number of alkyl halides is 4. The fraction of sp³-hybridized carbons (Fsp3) is 0.583. The van der Waals surface area contributed by atoms with E-state index in [0.717, 1.165) is 10.8 Å². The molecule has 9 nitrogen and oxygen atoms in total. The third-order valence-electron chi connectivity index (χ3n) is 4.64. The van der Waals surface area contributed by atoms with Crippen molar-refractivity contribution in [3.05, 3.63) is 42.5 Å². The fourth-order valence-electron chi connectivity index (χ4n) is 2.99. The van der Waals surface area contributed by atoms with Crippen LogP contribution in [0.2, 0.25) is 0 Å². The second-order valence-corrected chi connectivity index (χ2v) is 7.95. The SMILES string of the molecule is OCCC(O)COCCOCOCC(F)(F)OC(F)(F)COCC(O)COc1cccc2ccccc12. The maximum Gasteiger partial charge on any atom is 0.383 e. The van der Waals surface area contributed by atoms with Crippen LogP contribution >= 0.6 is 0 Å². The van der Waals surface area contributed by atoms with Crippen molar-refractivity contribution in [2.24, 2.45) is 0 Å². The molecule has 0 aliphatic carbocycles. The lowest BCUT2D eigenvalue weighted by molar-refractivity contribution is -0.396. The molecule has 2 unspecified atom stereocenters. The predicted molar refractivity (Wildman–Crippen MR) is 123 cm³/mol. The Bertz CT molecular complexity index is 898. The van der Waals surface area contributed by atoms with E-state index in [1.807, 2.05) is 30.3 Å². The first-order valence-corrected chi connectivity index (χ1v) is 11.5. The summed E-state index contributed by atoms with van der Waals surface area (Å²) in [6.45, 7) is -4.79. The van der Waals surface area contributed by atoms with Crippen LogP contribution in [0.4, 0.5) is 17.6 Å². The van der Waals surface area contributed by atoms with E-state index in [0.29, 0.717) is 5.75 Å². The Morgan fingerprint density at radius 3 is 2.14 bits per heavy atom. The summed E-state index contributed by atoms with van der Waals surface area (Å²) in [5, 5.41) is 29.6. The van der Waals surface area contributed by atoms with Gasteiger partial charge in [-0.1, -0.05) is 36.4 Å². The lowest BCUT2D eigenvalue weighted by Crippen LogP contribution is -2.40. The molecule has 0 radical (unpaired) electrons. The van der Waals surface area contributed by atoms with Crippen molar-refractivity contribution in [3.8, 4) is 5.75 Å². The van der Waals surface area contributed by atoms with Crippen LogP contribution in [0, 0.1) is 0 Å². The number of fused-ring (bicyclic) bond motifs is 1. The average molecular weight is 541 g/mol. The van der Waals surface area contributed by atoms with Crippen molar-refractivity contribution < 1.29 is 61.3 Å². The van der Waals surface area contributed by atoms with Gasteiger partial charge in [-0.2, -0.15) is 17.6 Å². The highest BCUT2D eigenvalue weighted by atomic mass is 19.3. The number of rotatable bonds is 20. The van der Waals surface area contributed by atoms with Gasteiger partial charge < -0.3 is 39.0 Å². The number of halogens is 4. The molecule has 0 heterocycles. The molecule has 3 N–H and O–H groups in total. The Labute approximate surface area is 211 Å². The Morgan fingerprint density at radius 2 is 1.38 bits per heavy atom. The quantitative estimate of drug-likeness (QED) is 0.132. The van der Waals surface area contributed by atoms with Crippen LogP contribution in [0.25, 0.3) is 10.8 Å². The summed E-state index contributed by atoms with van der Waals surface area (Å²) >= 11 is 0. The molecule has 13 heteroatoms. The molecule has 0 amide bonds. The van der Waals surface area contributed by atoms with Crippen LogP contribution < -0.4 is 4.74 Å². The van der Waals surface area contributed by atoms with Crippen LogP contribution in [-0.2, 0) is 23.7 Å². The summed E-state index contributed by atoms with van der Waals surface area (Å²) < 4.78 is 82.9. The van der Waals surface area contributed by atoms with Crippen LogP contribution in [0.3, 0.4) is 0 Å². The molecule has 2 rings (SSSR count). The largest absolute Gasteiger partial charge is 0.490 e. The minimum absolute atomic E-state index is 0.0208. The average Bonchev–Trinajstić information content (AvgIpc) is 2.83. The number of aliphatic hydroxyl groups is 3. The number of ether oxygens (including phenoxy) is 6. The van der Waals surface area contributed by atoms with Gasteiger partial charge in [0.15, 0.2) is 0 Å². The minimum Gasteiger partial charge on any atom is -0.490 e. The third kappa shape index (κ3) is 12.8. The van der Waals surface area contributed by atoms with Crippen LogP contribution in [0.15, 0.2) is 42.5 Å². The van der Waals surface area contributed by atoms with E-state index in [2.05, 4.69) is 14.2 Å². The van der Waals surface area contributed by atoms with Gasteiger partial charge in [0.1, 0.15) is 38.5 Å². The molecular weight excluding hydrogens is 508 g/mol. The van der Waals surface area contributed by atoms with Gasteiger partial charge in [0.05, 0.1) is 32.5 Å². The molecule has 0 aliphatic rings. The number of hydrogen-bond donors (Lipinski definition) is 3. The van der Waals surface area contributed by atoms with E-state index in [-0.39, 0.29) is 39.5 Å². The number of aliphatic hydroxyl groups excluding tert-OH is 3. The van der Waals surface area contributed by atoms with Gasteiger partial charge in [0, 0.05) is 12.0 Å². The highest BCUT2D eigenvalue weighted by molar-refractivity contribution is 5.88. The van der Waals surface area contributed by atoms with Crippen molar-refractivity contribution in [1.82, 2.24) is 0 Å². The molecule has 0 saturated carbocycles. The van der Waals surface area contributed by atoms with Crippen LogP contribution in [0.1, 0.15) is 6.42 Å². The van der Waals surface area contributed by atoms with E-state index >= 15 is 0 Å². The summed E-state index contributed by atoms with van der Waals surface area (Å²) in [4.78, 5) is 0. The second-order valence-electron chi connectivity index (χ2n) is 7.95. The molecule has 0 aliphatic heterocycles. The zero-order chi connectivity index (χ0) is 27.2. The summed E-state index contributed by atoms with van der Waals surface area (Å²) in [6, 6.07) is 12.7. The van der Waals surface area contributed by atoms with Crippen molar-refractivity contribution in [2.75, 3.05) is 59.6 Å². The van der Waals surface area contributed by atoms with Crippen molar-refractivity contribution in [3.63, 3.8) is 0 Å². The fourth-order valence-corrected chi connectivity index (χ4v) is 2.99. The summed E-state index contributed by atoms with van der Waals surface area (Å²) in [5.74, 6) is 0.485. The smallest absolute Gasteiger partial charge is 0.383 e. The van der Waals surface area contributed by atoms with Crippen LogP contribution in [0.5, 0.6) is 5.75 Å². The van der Waals surface area contributed by atoms with E-state index in [1.165, 1.54) is 0 Å². The Morgan fingerprint density at radius 1 is 0.730 bits per heavy atom. The molecule has 2 aromatic carbocycles. The molecule has 0 bridgehead atoms. The molecule has 2 atom stereocenters. The first kappa shape index (κ1) is 31.1. The van der Waals surface area contributed by atoms with Gasteiger partial charge in [0.2, 0.25) is 0 Å². The molecule has 0 spiro atoms. The zero-order valence-corrected chi connectivity index (χ0v) is 20.1. The van der Waals surface area contributed by atoms with Gasteiger partial charge in [0.25, 0.3) is 0 Å². The van der Waals surface area contributed by atoms with Crippen molar-refractivity contribution in [1.29, 1.82) is 0 Å². The molecule has 210 valence electrons. The number of hydrogen-bond acceptors (Lipinski definition) is 9. The van der Waals surface area contributed by atoms with E-state index in [4.69, 9.17) is 19.3 Å². The van der Waals surface area contributed by atoms with Gasteiger partial charge in [-0.25, -0.2) is 0 Å². The minimum atomic E-state index is -4.35. The van der Waals surface area contributed by atoms with Crippen LogP contribution in [-0.4, -0.2) is 99.4 Å². The Hall–Kier alpha value is -2.10. The summed E-state index contributed by atoms with van der Waals surface area (Å²) in [6.07, 6.45) is -10.7. The molecule has 37 heavy (non-hydrogen) atoms. The first-order chi connectivity index (χ1) is 17.6. The third-order valence-corrected chi connectivity index (χ3v) is 4.64. The predicted octanol–water partition coefficient (Wildman–Crippen LogP) is 2.55. The molecule has 0 aromatic heterocycles. The van der Waals surface area contributed by atoms with Crippen molar-refractivity contribution >= 4 is 10.8 Å². The van der Waals surface area contributed by atoms with E-state index < -0.39 is 51.0 Å². The van der Waals surface area contributed by atoms with Gasteiger partial charge in [-0.3, -0.25) is 4.74 Å². The molecule has 2 aromatic rings. The Kier molecular flexibility index (Phi) is 13.5. The second kappa shape index (κ2) is 16.0. The molecule has 0 saturated heterocycles. The molecular formula is C24H32F4O9. The van der Waals surface area contributed by atoms with E-state index in [9.17, 15) is 27.8 Å². The monoisotopic (exact) mass is 540 g/mol. The highest BCUT2D eigenvalue weighted by Crippen LogP contribution is 2.28. The maximum absolute atomic E-state index is 13.8. The van der Waals surface area contributed by atoms with E-state index in [1.54, 1.807) is 12.1 Å². The maximum atomic E-state index is 13.8. The standard InChI is InChI=1S/C24H32F4O9/c25-23(26,37-24(27,28)16-35-17-33-11-10-32-12-19(30)8-9-29)15-34-13-20(31)14-36-22-7-3-5-18-4-1-2-6-21(18)22/h1-7,19-20,29-31H,8-17H2. The lowest BCUT2D eigenvalue weighted by atomic mass is 10.1. The van der Waals surface area contributed by atoms with Crippen molar-refractivity contribution in [2.45, 2.75) is 30.8 Å². The first-order valence-electron chi connectivity index (χ1n) is 11.5. The van der Waals surface area contributed by atoms with Gasteiger partial charge >= 0.3 is 12.2 Å².